The van der Waals surface area contributed by atoms with Crippen LogP contribution in [0.1, 0.15) is 61.6 Å². The lowest BCUT2D eigenvalue weighted by molar-refractivity contribution is 0.286. The van der Waals surface area contributed by atoms with Crippen LogP contribution in [0.15, 0.2) is 59.8 Å². The first-order valence-corrected chi connectivity index (χ1v) is 12.4. The van der Waals surface area contributed by atoms with Crippen molar-refractivity contribution < 1.29 is 8.42 Å². The maximum absolute atomic E-state index is 13.4. The van der Waals surface area contributed by atoms with Crippen molar-refractivity contribution in [3.63, 3.8) is 0 Å². The largest absolute Gasteiger partial charge is 0.378 e. The first-order chi connectivity index (χ1) is 14.6. The Labute approximate surface area is 179 Å². The molecule has 0 saturated heterocycles. The van der Waals surface area contributed by atoms with Gasteiger partial charge in [0.15, 0.2) is 0 Å². The number of pyridine rings is 1. The van der Waals surface area contributed by atoms with Gasteiger partial charge in [0.25, 0.3) is 0 Å². The highest BCUT2D eigenvalue weighted by atomic mass is 32.2. The summed E-state index contributed by atoms with van der Waals surface area (Å²) in [5.74, 6) is 0.595. The van der Waals surface area contributed by atoms with Crippen LogP contribution >= 0.6 is 0 Å². The van der Waals surface area contributed by atoms with Gasteiger partial charge < -0.3 is 5.32 Å². The first kappa shape index (κ1) is 19.8. The summed E-state index contributed by atoms with van der Waals surface area (Å²) in [5.41, 5.74) is 3.29. The molecule has 6 heteroatoms. The third-order valence-corrected chi connectivity index (χ3v) is 9.05. The topological polar surface area (TPSA) is 62.3 Å². The van der Waals surface area contributed by atoms with Crippen LogP contribution in [-0.2, 0) is 10.0 Å². The Morgan fingerprint density at radius 2 is 1.97 bits per heavy atom. The van der Waals surface area contributed by atoms with Crippen LogP contribution in [0.3, 0.4) is 0 Å². The molecule has 2 heterocycles. The van der Waals surface area contributed by atoms with E-state index in [0.717, 1.165) is 43.4 Å². The molecule has 158 valence electrons. The summed E-state index contributed by atoms with van der Waals surface area (Å²) in [6.07, 6.45) is 14.5. The molecule has 0 bridgehead atoms. The number of nitrogens with zero attached hydrogens (tertiary/aromatic N) is 2. The predicted molar refractivity (Wildman–Crippen MR) is 119 cm³/mol. The van der Waals surface area contributed by atoms with Gasteiger partial charge in [-0.25, -0.2) is 8.42 Å². The average Bonchev–Trinajstić information content (AvgIpc) is 3.29. The minimum atomic E-state index is -3.50. The van der Waals surface area contributed by atoms with E-state index in [2.05, 4.69) is 28.5 Å². The standard InChI is InChI=1S/C24H29N3O2S/c1-27(18-8-3-2-4-9-18)30(28,29)19-12-13-23-22(15-19)20-10-5-11-21(20)24(26-23)17-7-6-14-25-16-17/h5-7,10,12-16,18,20-21,24,26H,2-4,8-9,11H2,1H3. The molecule has 0 radical (unpaired) electrons. The molecular formula is C24H29N3O2S. The second-order valence-electron chi connectivity index (χ2n) is 8.82. The van der Waals surface area contributed by atoms with E-state index in [4.69, 9.17) is 0 Å². The molecule has 1 aliphatic heterocycles. The molecule has 5 nitrogen and oxygen atoms in total. The highest BCUT2D eigenvalue weighted by Crippen LogP contribution is 2.50. The van der Waals surface area contributed by atoms with Crippen LogP contribution in [0.25, 0.3) is 0 Å². The number of hydrogen-bond donors (Lipinski definition) is 1. The number of hydrogen-bond acceptors (Lipinski definition) is 4. The normalized spacial score (nSPS) is 26.3. The average molecular weight is 424 g/mol. The molecule has 1 N–H and O–H groups in total. The summed E-state index contributed by atoms with van der Waals surface area (Å²) in [4.78, 5) is 4.71. The number of nitrogens with one attached hydrogen (secondary N) is 1. The molecule has 0 amide bonds. The zero-order chi connectivity index (χ0) is 20.7. The molecular weight excluding hydrogens is 394 g/mol. The smallest absolute Gasteiger partial charge is 0.243 e. The molecule has 1 aromatic carbocycles. The van der Waals surface area contributed by atoms with E-state index in [1.807, 2.05) is 24.4 Å². The van der Waals surface area contributed by atoms with Gasteiger partial charge in [0.1, 0.15) is 0 Å². The van der Waals surface area contributed by atoms with Crippen LogP contribution in [0.2, 0.25) is 0 Å². The molecule has 0 spiro atoms. The predicted octanol–water partition coefficient (Wildman–Crippen LogP) is 4.86. The second kappa shape index (κ2) is 7.82. The van der Waals surface area contributed by atoms with Gasteiger partial charge in [0.2, 0.25) is 10.0 Å². The molecule has 3 atom stereocenters. The summed E-state index contributed by atoms with van der Waals surface area (Å²) >= 11 is 0. The van der Waals surface area contributed by atoms with Crippen molar-refractivity contribution in [3.05, 3.63) is 66.0 Å². The van der Waals surface area contributed by atoms with Crippen LogP contribution in [0, 0.1) is 5.92 Å². The van der Waals surface area contributed by atoms with Crippen molar-refractivity contribution in [2.24, 2.45) is 5.92 Å². The summed E-state index contributed by atoms with van der Waals surface area (Å²) in [5, 5.41) is 3.67. The summed E-state index contributed by atoms with van der Waals surface area (Å²) < 4.78 is 28.4. The minimum Gasteiger partial charge on any atom is -0.378 e. The molecule has 2 aliphatic carbocycles. The Bertz CT molecular complexity index is 1050. The third-order valence-electron chi connectivity index (χ3n) is 7.14. The Morgan fingerprint density at radius 1 is 1.13 bits per heavy atom. The maximum Gasteiger partial charge on any atom is 0.243 e. The van der Waals surface area contributed by atoms with E-state index in [9.17, 15) is 8.42 Å². The molecule has 1 saturated carbocycles. The number of rotatable bonds is 4. The summed E-state index contributed by atoms with van der Waals surface area (Å²) in [6.45, 7) is 0. The van der Waals surface area contributed by atoms with Gasteiger partial charge in [-0.15, -0.1) is 0 Å². The maximum atomic E-state index is 13.4. The summed E-state index contributed by atoms with van der Waals surface area (Å²) in [7, 11) is -1.75. The van der Waals surface area contributed by atoms with Gasteiger partial charge in [-0.1, -0.05) is 37.5 Å². The van der Waals surface area contributed by atoms with E-state index in [1.54, 1.807) is 23.6 Å². The van der Waals surface area contributed by atoms with E-state index in [1.165, 1.54) is 12.0 Å². The van der Waals surface area contributed by atoms with Crippen LogP contribution in [-0.4, -0.2) is 30.8 Å². The van der Waals surface area contributed by atoms with Gasteiger partial charge in [-0.3, -0.25) is 4.98 Å². The van der Waals surface area contributed by atoms with Crippen molar-refractivity contribution in [1.82, 2.24) is 9.29 Å². The van der Waals surface area contributed by atoms with E-state index in [0.29, 0.717) is 10.8 Å². The lowest BCUT2D eigenvalue weighted by Gasteiger charge is -2.38. The van der Waals surface area contributed by atoms with Gasteiger partial charge >= 0.3 is 0 Å². The van der Waals surface area contributed by atoms with Crippen molar-refractivity contribution in [1.29, 1.82) is 0 Å². The fourth-order valence-electron chi connectivity index (χ4n) is 5.43. The minimum absolute atomic E-state index is 0.118. The van der Waals surface area contributed by atoms with Gasteiger partial charge in [0, 0.05) is 37.1 Å². The molecule has 3 aliphatic rings. The highest BCUT2D eigenvalue weighted by molar-refractivity contribution is 7.89. The van der Waals surface area contributed by atoms with E-state index >= 15 is 0 Å². The molecule has 1 fully saturated rings. The van der Waals surface area contributed by atoms with E-state index < -0.39 is 10.0 Å². The fraction of sp³-hybridized carbons (Fsp3) is 0.458. The Kier molecular flexibility index (Phi) is 5.15. The Balaban J connectivity index is 1.48. The number of benzene rings is 1. The van der Waals surface area contributed by atoms with Crippen molar-refractivity contribution >= 4 is 15.7 Å². The molecule has 5 rings (SSSR count). The highest BCUT2D eigenvalue weighted by Gasteiger charge is 2.39. The summed E-state index contributed by atoms with van der Waals surface area (Å²) in [6, 6.07) is 10.0. The molecule has 1 aromatic heterocycles. The molecule has 3 unspecified atom stereocenters. The van der Waals surface area contributed by atoms with Gasteiger partial charge in [0.05, 0.1) is 10.9 Å². The molecule has 30 heavy (non-hydrogen) atoms. The zero-order valence-electron chi connectivity index (χ0n) is 17.4. The van der Waals surface area contributed by atoms with Crippen LogP contribution < -0.4 is 5.32 Å². The van der Waals surface area contributed by atoms with Crippen molar-refractivity contribution in [2.45, 2.75) is 61.4 Å². The number of fused-ring (bicyclic) bond motifs is 3. The van der Waals surface area contributed by atoms with Gasteiger partial charge in [-0.2, -0.15) is 4.31 Å². The van der Waals surface area contributed by atoms with Crippen LogP contribution in [0.5, 0.6) is 0 Å². The Morgan fingerprint density at radius 3 is 2.73 bits per heavy atom. The number of sulfonamides is 1. The number of anilines is 1. The monoisotopic (exact) mass is 423 g/mol. The first-order valence-electron chi connectivity index (χ1n) is 11.0. The Hall–Kier alpha value is -2.18. The second-order valence-corrected chi connectivity index (χ2v) is 10.8. The van der Waals surface area contributed by atoms with Crippen LogP contribution in [0.4, 0.5) is 5.69 Å². The third kappa shape index (κ3) is 3.36. The quantitative estimate of drug-likeness (QED) is 0.713. The van der Waals surface area contributed by atoms with Gasteiger partial charge in [-0.05, 0) is 60.6 Å². The number of aromatic nitrogens is 1. The van der Waals surface area contributed by atoms with E-state index in [-0.39, 0.29) is 18.0 Å². The van der Waals surface area contributed by atoms with Crippen molar-refractivity contribution in [2.75, 3.05) is 12.4 Å². The molecule has 2 aromatic rings. The van der Waals surface area contributed by atoms with Crippen molar-refractivity contribution in [3.8, 4) is 0 Å². The number of allylic oxidation sites excluding steroid dienone is 2. The SMILES string of the molecule is CN(C1CCCCC1)S(=O)(=O)c1ccc2c(c1)C1C=CCC1C(c1cccnc1)N2. The lowest BCUT2D eigenvalue weighted by atomic mass is 9.77. The zero-order valence-corrected chi connectivity index (χ0v) is 18.2. The lowest BCUT2D eigenvalue weighted by Crippen LogP contribution is -2.38. The fourth-order valence-corrected chi connectivity index (χ4v) is 6.88.